The van der Waals surface area contributed by atoms with Crippen molar-refractivity contribution in [2.45, 2.75) is 32.0 Å². The minimum absolute atomic E-state index is 0.0729. The van der Waals surface area contributed by atoms with E-state index in [1.165, 1.54) is 11.3 Å². The second-order valence-corrected chi connectivity index (χ2v) is 6.26. The van der Waals surface area contributed by atoms with Crippen LogP contribution in [0, 0.1) is 18.3 Å². The van der Waals surface area contributed by atoms with Crippen molar-refractivity contribution in [3.8, 4) is 6.07 Å². The molecular formula is C14H16N4O2S. The lowest BCUT2D eigenvalue weighted by atomic mass is 10.2. The molecule has 0 N–H and O–H groups in total. The molecule has 0 saturated carbocycles. The van der Waals surface area contributed by atoms with E-state index in [1.54, 1.807) is 7.11 Å². The normalized spacial score (nSPS) is 22.5. The molecule has 0 aliphatic carbocycles. The van der Waals surface area contributed by atoms with E-state index < -0.39 is 0 Å². The van der Waals surface area contributed by atoms with Crippen molar-refractivity contribution in [3.05, 3.63) is 33.6 Å². The molecule has 0 aromatic carbocycles. The molecule has 2 aromatic heterocycles. The summed E-state index contributed by atoms with van der Waals surface area (Å²) in [6.45, 7) is 3.40. The Balaban J connectivity index is 1.79. The lowest BCUT2D eigenvalue weighted by molar-refractivity contribution is 0.107. The van der Waals surface area contributed by atoms with Gasteiger partial charge in [0.2, 0.25) is 5.89 Å². The summed E-state index contributed by atoms with van der Waals surface area (Å²) >= 11 is 1.52. The van der Waals surface area contributed by atoms with Crippen LogP contribution in [0.4, 0.5) is 0 Å². The molecule has 0 bridgehead atoms. The van der Waals surface area contributed by atoms with Gasteiger partial charge in [-0.3, -0.25) is 4.90 Å². The number of rotatable bonds is 4. The maximum absolute atomic E-state index is 8.92. The summed E-state index contributed by atoms with van der Waals surface area (Å²) < 4.78 is 10.8. The van der Waals surface area contributed by atoms with Gasteiger partial charge in [-0.1, -0.05) is 5.16 Å². The summed E-state index contributed by atoms with van der Waals surface area (Å²) in [5.74, 6) is 1.29. The molecule has 1 aliphatic heterocycles. The molecule has 3 rings (SSSR count). The van der Waals surface area contributed by atoms with Gasteiger partial charge in [-0.05, 0) is 25.5 Å². The van der Waals surface area contributed by atoms with Gasteiger partial charge in [0.1, 0.15) is 10.9 Å². The molecular weight excluding hydrogens is 288 g/mol. The van der Waals surface area contributed by atoms with Crippen molar-refractivity contribution >= 4 is 11.3 Å². The Labute approximate surface area is 126 Å². The van der Waals surface area contributed by atoms with Crippen molar-refractivity contribution < 1.29 is 9.26 Å². The Morgan fingerprint density at radius 3 is 3.05 bits per heavy atom. The largest absolute Gasteiger partial charge is 0.380 e. The monoisotopic (exact) mass is 304 g/mol. The summed E-state index contributed by atoms with van der Waals surface area (Å²) in [5, 5.41) is 12.8. The van der Waals surface area contributed by atoms with Crippen LogP contribution in [0.1, 0.15) is 33.9 Å². The Hall–Kier alpha value is -1.75. The first-order chi connectivity index (χ1) is 10.2. The molecule has 7 heteroatoms. The van der Waals surface area contributed by atoms with E-state index in [1.807, 2.05) is 19.1 Å². The average molecular weight is 304 g/mol. The van der Waals surface area contributed by atoms with E-state index in [4.69, 9.17) is 14.5 Å². The first-order valence-electron chi connectivity index (χ1n) is 6.75. The average Bonchev–Trinajstić information content (AvgIpc) is 3.18. The summed E-state index contributed by atoms with van der Waals surface area (Å²) in [6, 6.07) is 6.10. The first-order valence-corrected chi connectivity index (χ1v) is 7.57. The second-order valence-electron chi connectivity index (χ2n) is 5.10. The standard InChI is InChI=1S/C14H16N4O2S/c1-9-16-14(20-17-9)13-5-10(19-2)7-18(13)8-12-4-3-11(6-15)21-12/h3-4,10,13H,5,7-8H2,1-2H3/t10-,13+/m0/s1. The third-order valence-corrected chi connectivity index (χ3v) is 4.63. The van der Waals surface area contributed by atoms with E-state index in [9.17, 15) is 0 Å². The molecule has 0 spiro atoms. The van der Waals surface area contributed by atoms with Crippen LogP contribution in [-0.2, 0) is 11.3 Å². The Bertz CT molecular complexity index is 660. The molecule has 1 saturated heterocycles. The molecule has 3 heterocycles. The van der Waals surface area contributed by atoms with Gasteiger partial charge in [0, 0.05) is 25.1 Å². The Morgan fingerprint density at radius 1 is 1.57 bits per heavy atom. The minimum atomic E-state index is 0.0729. The molecule has 21 heavy (non-hydrogen) atoms. The van der Waals surface area contributed by atoms with Crippen molar-refractivity contribution in [2.75, 3.05) is 13.7 Å². The molecule has 0 amide bonds. The number of aryl methyl sites for hydroxylation is 1. The van der Waals surface area contributed by atoms with Gasteiger partial charge in [-0.25, -0.2) is 0 Å². The van der Waals surface area contributed by atoms with Crippen molar-refractivity contribution in [2.24, 2.45) is 0 Å². The topological polar surface area (TPSA) is 75.2 Å². The molecule has 6 nitrogen and oxygen atoms in total. The fourth-order valence-corrected chi connectivity index (χ4v) is 3.47. The van der Waals surface area contributed by atoms with Crippen molar-refractivity contribution in [3.63, 3.8) is 0 Å². The predicted octanol–water partition coefficient (Wildman–Crippen LogP) is 2.27. The molecule has 2 atom stereocenters. The summed E-state index contributed by atoms with van der Waals surface area (Å²) in [7, 11) is 1.73. The smallest absolute Gasteiger partial charge is 0.244 e. The number of hydrogen-bond acceptors (Lipinski definition) is 7. The lowest BCUT2D eigenvalue weighted by Crippen LogP contribution is -2.24. The van der Waals surface area contributed by atoms with Crippen molar-refractivity contribution in [1.82, 2.24) is 15.0 Å². The zero-order valence-corrected chi connectivity index (χ0v) is 12.8. The van der Waals surface area contributed by atoms with Gasteiger partial charge in [-0.2, -0.15) is 10.2 Å². The quantitative estimate of drug-likeness (QED) is 0.862. The molecule has 1 fully saturated rings. The van der Waals surface area contributed by atoms with Crippen LogP contribution in [-0.4, -0.2) is 34.8 Å². The zero-order chi connectivity index (χ0) is 14.8. The lowest BCUT2D eigenvalue weighted by Gasteiger charge is -2.20. The number of ether oxygens (including phenoxy) is 1. The number of nitriles is 1. The fourth-order valence-electron chi connectivity index (χ4n) is 2.64. The molecule has 2 aromatic rings. The minimum Gasteiger partial charge on any atom is -0.380 e. The van der Waals surface area contributed by atoms with Gasteiger partial charge in [0.05, 0.1) is 12.1 Å². The van der Waals surface area contributed by atoms with E-state index in [0.29, 0.717) is 11.7 Å². The predicted molar refractivity (Wildman–Crippen MR) is 76.6 cm³/mol. The van der Waals surface area contributed by atoms with Crippen LogP contribution in [0.15, 0.2) is 16.7 Å². The maximum Gasteiger partial charge on any atom is 0.244 e. The molecule has 1 aliphatic rings. The van der Waals surface area contributed by atoms with E-state index in [2.05, 4.69) is 21.1 Å². The van der Waals surface area contributed by atoms with Gasteiger partial charge in [0.15, 0.2) is 5.82 Å². The highest BCUT2D eigenvalue weighted by Gasteiger charge is 2.36. The van der Waals surface area contributed by atoms with Crippen LogP contribution >= 0.6 is 11.3 Å². The highest BCUT2D eigenvalue weighted by Crippen LogP contribution is 2.34. The van der Waals surface area contributed by atoms with Crippen LogP contribution < -0.4 is 0 Å². The summed E-state index contributed by atoms with van der Waals surface area (Å²) in [6.07, 6.45) is 1.01. The number of nitrogens with zero attached hydrogens (tertiary/aromatic N) is 4. The van der Waals surface area contributed by atoms with Crippen molar-refractivity contribution in [1.29, 1.82) is 5.26 Å². The van der Waals surface area contributed by atoms with Crippen LogP contribution in [0.5, 0.6) is 0 Å². The van der Waals surface area contributed by atoms with Crippen LogP contribution in [0.2, 0.25) is 0 Å². The molecule has 110 valence electrons. The second kappa shape index (κ2) is 5.93. The number of likely N-dealkylation sites (tertiary alicyclic amines) is 1. The van der Waals surface area contributed by atoms with Gasteiger partial charge >= 0.3 is 0 Å². The summed E-state index contributed by atoms with van der Waals surface area (Å²) in [4.78, 5) is 8.51. The maximum atomic E-state index is 8.92. The third-order valence-electron chi connectivity index (χ3n) is 3.66. The number of thiophene rings is 1. The molecule has 0 unspecified atom stereocenters. The van der Waals surface area contributed by atoms with Crippen LogP contribution in [0.3, 0.4) is 0 Å². The molecule has 0 radical (unpaired) electrons. The number of methoxy groups -OCH3 is 1. The Kier molecular flexibility index (Phi) is 4.01. The highest BCUT2D eigenvalue weighted by molar-refractivity contribution is 7.12. The van der Waals surface area contributed by atoms with E-state index in [0.717, 1.165) is 29.3 Å². The SMILES string of the molecule is CO[C@H]1C[C@H](c2nc(C)no2)N(Cc2ccc(C#N)s2)C1. The third kappa shape index (κ3) is 2.97. The fraction of sp³-hybridized carbons (Fsp3) is 0.500. The number of aromatic nitrogens is 2. The summed E-state index contributed by atoms with van der Waals surface area (Å²) in [5.41, 5.74) is 0. The first kappa shape index (κ1) is 14.2. The van der Waals surface area contributed by atoms with Gasteiger partial charge in [0.25, 0.3) is 0 Å². The Morgan fingerprint density at radius 2 is 2.43 bits per heavy atom. The van der Waals surface area contributed by atoms with Gasteiger partial charge in [-0.15, -0.1) is 11.3 Å². The van der Waals surface area contributed by atoms with Crippen LogP contribution in [0.25, 0.3) is 0 Å². The van der Waals surface area contributed by atoms with Gasteiger partial charge < -0.3 is 9.26 Å². The van der Waals surface area contributed by atoms with E-state index in [-0.39, 0.29) is 12.1 Å². The van der Waals surface area contributed by atoms with E-state index >= 15 is 0 Å². The zero-order valence-electron chi connectivity index (χ0n) is 11.9. The highest BCUT2D eigenvalue weighted by atomic mass is 32.1. The number of hydrogen-bond donors (Lipinski definition) is 0.